The second-order valence-electron chi connectivity index (χ2n) is 12.7. The lowest BCUT2D eigenvalue weighted by Gasteiger charge is -2.35. The number of amides is 2. The molecule has 1 atom stereocenters. The van der Waals surface area contributed by atoms with Gasteiger partial charge in [-0.1, -0.05) is 19.1 Å². The molecule has 1 aliphatic carbocycles. The van der Waals surface area contributed by atoms with Crippen molar-refractivity contribution in [3.8, 4) is 11.5 Å². The van der Waals surface area contributed by atoms with Crippen LogP contribution >= 0.6 is 0 Å². The Labute approximate surface area is 266 Å². The van der Waals surface area contributed by atoms with Gasteiger partial charge in [0.1, 0.15) is 17.1 Å². The quantitative estimate of drug-likeness (QED) is 0.220. The van der Waals surface area contributed by atoms with Gasteiger partial charge < -0.3 is 24.8 Å². The number of pyridine rings is 1. The Balaban J connectivity index is 1.05. The molecule has 46 heavy (non-hydrogen) atoms. The third kappa shape index (κ3) is 6.30. The third-order valence-corrected chi connectivity index (χ3v) is 9.65. The minimum atomic E-state index is -4.53. The van der Waals surface area contributed by atoms with Crippen LogP contribution in [0.4, 0.5) is 23.7 Å². The van der Waals surface area contributed by atoms with Crippen LogP contribution in [0, 0.1) is 0 Å². The first kappa shape index (κ1) is 30.6. The number of urea groups is 1. The van der Waals surface area contributed by atoms with Crippen LogP contribution in [0.1, 0.15) is 66.6 Å². The van der Waals surface area contributed by atoms with E-state index >= 15 is 0 Å². The molecule has 0 unspecified atom stereocenters. The second-order valence-corrected chi connectivity index (χ2v) is 12.7. The fourth-order valence-electron chi connectivity index (χ4n) is 6.74. The van der Waals surface area contributed by atoms with Crippen molar-refractivity contribution in [1.29, 1.82) is 0 Å². The fourth-order valence-corrected chi connectivity index (χ4v) is 6.74. The molecule has 2 aromatic carbocycles. The monoisotopic (exact) mass is 632 g/mol. The largest absolute Gasteiger partial charge is 0.457 e. The summed E-state index contributed by atoms with van der Waals surface area (Å²) in [6.45, 7) is 8.79. The van der Waals surface area contributed by atoms with Crippen molar-refractivity contribution >= 4 is 22.8 Å². The number of hydrogen-bond donors (Lipinski definition) is 2. The van der Waals surface area contributed by atoms with E-state index in [1.165, 1.54) is 24.6 Å². The lowest BCUT2D eigenvalue weighted by Crippen LogP contribution is -2.45. The summed E-state index contributed by atoms with van der Waals surface area (Å²) in [6, 6.07) is 13.3. The molecule has 0 bridgehead atoms. The van der Waals surface area contributed by atoms with E-state index in [2.05, 4.69) is 38.1 Å². The minimum absolute atomic E-state index is 0.130. The average molecular weight is 633 g/mol. The molecule has 4 aromatic rings. The maximum Gasteiger partial charge on any atom is 0.416 e. The normalized spacial score (nSPS) is 19.3. The molecular weight excluding hydrogens is 593 g/mol. The second kappa shape index (κ2) is 12.3. The van der Waals surface area contributed by atoms with E-state index in [9.17, 15) is 18.0 Å². The number of nitrogens with zero attached hydrogens (tertiary/aromatic N) is 4. The Morgan fingerprint density at radius 1 is 1.02 bits per heavy atom. The summed E-state index contributed by atoms with van der Waals surface area (Å²) in [5.41, 5.74) is 3.69. The smallest absolute Gasteiger partial charge is 0.416 e. The van der Waals surface area contributed by atoms with Gasteiger partial charge in [-0.05, 0) is 91.7 Å². The van der Waals surface area contributed by atoms with E-state index in [1.54, 1.807) is 17.2 Å². The van der Waals surface area contributed by atoms with Crippen LogP contribution in [0.25, 0.3) is 11.0 Å². The highest BCUT2D eigenvalue weighted by molar-refractivity contribution is 5.90. The lowest BCUT2D eigenvalue weighted by molar-refractivity contribution is -0.138. The number of anilines is 1. The molecule has 4 heterocycles. The van der Waals surface area contributed by atoms with Crippen molar-refractivity contribution in [2.24, 2.45) is 0 Å². The first-order chi connectivity index (χ1) is 22.2. The minimum Gasteiger partial charge on any atom is -0.457 e. The number of aromatic nitrogens is 2. The van der Waals surface area contributed by atoms with Crippen LogP contribution in [0.2, 0.25) is 0 Å². The molecule has 0 spiro atoms. The Morgan fingerprint density at radius 2 is 1.80 bits per heavy atom. The molecule has 7 rings (SSSR count). The molecule has 2 fully saturated rings. The maximum absolute atomic E-state index is 14.2. The Kier molecular flexibility index (Phi) is 8.14. The molecule has 1 saturated carbocycles. The van der Waals surface area contributed by atoms with Gasteiger partial charge in [-0.3, -0.25) is 4.90 Å². The number of aromatic amines is 1. The van der Waals surface area contributed by atoms with E-state index in [1.807, 2.05) is 31.2 Å². The van der Waals surface area contributed by atoms with E-state index in [-0.39, 0.29) is 23.8 Å². The summed E-state index contributed by atoms with van der Waals surface area (Å²) >= 11 is 0. The van der Waals surface area contributed by atoms with Crippen molar-refractivity contribution in [1.82, 2.24) is 24.7 Å². The number of hydrogen-bond acceptors (Lipinski definition) is 5. The van der Waals surface area contributed by atoms with Crippen LogP contribution in [0.3, 0.4) is 0 Å². The number of alkyl halides is 3. The number of H-pyrrole nitrogens is 1. The molecule has 2 amide bonds. The van der Waals surface area contributed by atoms with E-state index in [0.717, 1.165) is 61.0 Å². The summed E-state index contributed by atoms with van der Waals surface area (Å²) in [4.78, 5) is 27.4. The molecule has 0 radical (unpaired) electrons. The fraction of sp³-hybridized carbons (Fsp3) is 0.429. The first-order valence-electron chi connectivity index (χ1n) is 16.2. The van der Waals surface area contributed by atoms with Gasteiger partial charge in [0.2, 0.25) is 0 Å². The zero-order chi connectivity index (χ0) is 32.0. The molecule has 8 nitrogen and oxygen atoms in total. The molecule has 2 N–H and O–H groups in total. The molecule has 242 valence electrons. The number of rotatable bonds is 7. The van der Waals surface area contributed by atoms with Crippen molar-refractivity contribution in [2.45, 2.75) is 57.8 Å². The SMILES string of the molecule is CCN1CCN(Cc2ccc(NC(=O)N3CCc4ccc(Oc5ccnc6[nH]c(C7CC7)cc56)cc4[C@@H]3C)cc2C(F)(F)F)CC1. The summed E-state index contributed by atoms with van der Waals surface area (Å²) < 4.78 is 48.9. The number of likely N-dealkylation sites (N-methyl/N-ethyl adjacent to an activating group) is 1. The summed E-state index contributed by atoms with van der Waals surface area (Å²) in [7, 11) is 0. The van der Waals surface area contributed by atoms with Crippen molar-refractivity contribution in [3.63, 3.8) is 0 Å². The van der Waals surface area contributed by atoms with Crippen molar-refractivity contribution < 1.29 is 22.7 Å². The summed E-state index contributed by atoms with van der Waals surface area (Å²) in [5.74, 6) is 1.92. The van der Waals surface area contributed by atoms with E-state index in [0.29, 0.717) is 30.4 Å². The molecule has 2 aliphatic heterocycles. The first-order valence-corrected chi connectivity index (χ1v) is 16.2. The van der Waals surface area contributed by atoms with Crippen LogP contribution < -0.4 is 10.1 Å². The maximum atomic E-state index is 14.2. The molecule has 2 aromatic heterocycles. The number of piperazine rings is 1. The van der Waals surface area contributed by atoms with Gasteiger partial charge in [-0.25, -0.2) is 9.78 Å². The number of fused-ring (bicyclic) bond motifs is 2. The summed E-state index contributed by atoms with van der Waals surface area (Å²) in [6.07, 6.45) is 0.189. The molecule has 3 aliphatic rings. The van der Waals surface area contributed by atoms with Crippen molar-refractivity contribution in [3.05, 3.63) is 82.7 Å². The standard InChI is InChI=1S/C35H39F3N6O2/c1-3-42-14-16-43(17-15-42)21-25-6-8-26(18-30(25)35(36,37)38)40-34(45)44-13-11-23-7-9-27(19-28(23)22(44)2)46-32-10-12-39-33-29(32)20-31(41-33)24-4-5-24/h6-10,12,18-20,22,24H,3-5,11,13-17,21H2,1-2H3,(H,39,41)(H,40,45)/t22-/m0/s1. The predicted molar refractivity (Wildman–Crippen MR) is 171 cm³/mol. The van der Waals surface area contributed by atoms with E-state index in [4.69, 9.17) is 4.74 Å². The number of carbonyl (C=O) groups excluding carboxylic acids is 1. The van der Waals surface area contributed by atoms with Gasteiger partial charge in [0.05, 0.1) is 17.0 Å². The van der Waals surface area contributed by atoms with Crippen molar-refractivity contribution in [2.75, 3.05) is 44.6 Å². The lowest BCUT2D eigenvalue weighted by atomic mass is 9.93. The average Bonchev–Trinajstić information content (AvgIpc) is 3.80. The predicted octanol–water partition coefficient (Wildman–Crippen LogP) is 7.54. The van der Waals surface area contributed by atoms with Gasteiger partial charge in [-0.2, -0.15) is 13.2 Å². The molecule has 1 saturated heterocycles. The van der Waals surface area contributed by atoms with Gasteiger partial charge >= 0.3 is 12.2 Å². The zero-order valence-corrected chi connectivity index (χ0v) is 26.2. The van der Waals surface area contributed by atoms with Crippen LogP contribution in [0.15, 0.2) is 54.7 Å². The van der Waals surface area contributed by atoms with Gasteiger partial charge in [0.25, 0.3) is 0 Å². The topological polar surface area (TPSA) is 76.7 Å². The zero-order valence-electron chi connectivity index (χ0n) is 26.2. The van der Waals surface area contributed by atoms with Gasteiger partial charge in [0, 0.05) is 56.8 Å². The highest BCUT2D eigenvalue weighted by Gasteiger charge is 2.35. The van der Waals surface area contributed by atoms with Crippen LogP contribution in [-0.4, -0.2) is 70.0 Å². The number of benzene rings is 2. The Bertz CT molecular complexity index is 1740. The number of carbonyl (C=O) groups is 1. The Morgan fingerprint density at radius 3 is 2.54 bits per heavy atom. The number of halogens is 3. The molecular formula is C35H39F3N6O2. The van der Waals surface area contributed by atoms with Gasteiger partial charge in [0.15, 0.2) is 0 Å². The summed E-state index contributed by atoms with van der Waals surface area (Å²) in [5, 5.41) is 3.68. The third-order valence-electron chi connectivity index (χ3n) is 9.65. The van der Waals surface area contributed by atoms with Crippen LogP contribution in [0.5, 0.6) is 11.5 Å². The molecule has 11 heteroatoms. The Hall–Kier alpha value is -4.09. The number of nitrogens with one attached hydrogen (secondary N) is 2. The highest BCUT2D eigenvalue weighted by Crippen LogP contribution is 2.42. The number of ether oxygens (including phenoxy) is 1. The van der Waals surface area contributed by atoms with E-state index < -0.39 is 17.8 Å². The van der Waals surface area contributed by atoms with Crippen LogP contribution in [-0.2, 0) is 19.1 Å². The highest BCUT2D eigenvalue weighted by atomic mass is 19.4. The van der Waals surface area contributed by atoms with Gasteiger partial charge in [-0.15, -0.1) is 0 Å².